The van der Waals surface area contributed by atoms with E-state index < -0.39 is 0 Å². The van der Waals surface area contributed by atoms with Crippen LogP contribution in [0.4, 0.5) is 0 Å². The minimum atomic E-state index is 0.488. The molecule has 136 valence electrons. The number of hydrogen-bond acceptors (Lipinski definition) is 4. The van der Waals surface area contributed by atoms with Crippen molar-refractivity contribution in [3.05, 3.63) is 65.2 Å². The Morgan fingerprint density at radius 1 is 1.04 bits per heavy atom. The van der Waals surface area contributed by atoms with Gasteiger partial charge in [-0.2, -0.15) is 0 Å². The molecule has 0 bridgehead atoms. The van der Waals surface area contributed by atoms with Crippen LogP contribution in [0.1, 0.15) is 35.8 Å². The van der Waals surface area contributed by atoms with Crippen molar-refractivity contribution in [3.8, 4) is 28.3 Å². The zero-order valence-electron chi connectivity index (χ0n) is 15.5. The number of ether oxygens (including phenoxy) is 1. The van der Waals surface area contributed by atoms with Crippen molar-refractivity contribution in [1.29, 1.82) is 0 Å². The lowest BCUT2D eigenvalue weighted by molar-refractivity contribution is 0.111. The van der Waals surface area contributed by atoms with E-state index in [0.717, 1.165) is 33.8 Å². The highest BCUT2D eigenvalue weighted by Crippen LogP contribution is 2.33. The zero-order valence-corrected chi connectivity index (χ0v) is 16.3. The first-order valence-corrected chi connectivity index (χ1v) is 9.70. The van der Waals surface area contributed by atoms with Crippen LogP contribution in [-0.4, -0.2) is 22.8 Å². The average molecular weight is 376 g/mol. The maximum atomic E-state index is 11.9. The number of aromatic nitrogens is 2. The van der Waals surface area contributed by atoms with Crippen LogP contribution >= 0.6 is 11.3 Å². The predicted octanol–water partition coefficient (Wildman–Crippen LogP) is 5.67. The fourth-order valence-electron chi connectivity index (χ4n) is 3.19. The summed E-state index contributed by atoms with van der Waals surface area (Å²) in [7, 11) is 1.63. The number of imidazole rings is 1. The molecule has 4 rings (SSSR count). The third-order valence-corrected chi connectivity index (χ3v) is 5.57. The second kappa shape index (κ2) is 7.00. The van der Waals surface area contributed by atoms with Crippen molar-refractivity contribution in [1.82, 2.24) is 9.38 Å². The smallest absolute Gasteiger partial charge is 0.195 e. The molecule has 0 saturated heterocycles. The second-order valence-corrected chi connectivity index (χ2v) is 7.54. The van der Waals surface area contributed by atoms with Gasteiger partial charge in [0.25, 0.3) is 0 Å². The van der Waals surface area contributed by atoms with E-state index in [1.807, 2.05) is 28.7 Å². The fourth-order valence-corrected chi connectivity index (χ4v) is 4.10. The standard InChI is InChI=1S/C22H20N2O2S/c1-14(2)15-4-6-16(7-5-15)20-13-27-22-23-21(19(12-25)24(20)22)17-8-10-18(26-3)11-9-17/h4-14H,1-3H3. The summed E-state index contributed by atoms with van der Waals surface area (Å²) in [5.41, 5.74) is 5.52. The van der Waals surface area contributed by atoms with Gasteiger partial charge in [-0.25, -0.2) is 4.98 Å². The number of thiazole rings is 1. The summed E-state index contributed by atoms with van der Waals surface area (Å²) >= 11 is 1.54. The summed E-state index contributed by atoms with van der Waals surface area (Å²) in [4.78, 5) is 17.5. The van der Waals surface area contributed by atoms with Gasteiger partial charge < -0.3 is 4.74 Å². The van der Waals surface area contributed by atoms with E-state index >= 15 is 0 Å². The first-order chi connectivity index (χ1) is 13.1. The van der Waals surface area contributed by atoms with Crippen LogP contribution in [-0.2, 0) is 0 Å². The van der Waals surface area contributed by atoms with Crippen molar-refractivity contribution < 1.29 is 9.53 Å². The molecule has 2 aromatic heterocycles. The Balaban J connectivity index is 1.84. The minimum Gasteiger partial charge on any atom is -0.497 e. The number of benzene rings is 2. The molecule has 5 heteroatoms. The lowest BCUT2D eigenvalue weighted by Gasteiger charge is -2.07. The molecule has 0 aliphatic heterocycles. The van der Waals surface area contributed by atoms with Gasteiger partial charge in [0.2, 0.25) is 0 Å². The van der Waals surface area contributed by atoms with Crippen LogP contribution in [0.2, 0.25) is 0 Å². The summed E-state index contributed by atoms with van der Waals surface area (Å²) in [5, 5.41) is 2.05. The normalized spacial score (nSPS) is 11.3. The Morgan fingerprint density at radius 2 is 1.70 bits per heavy atom. The van der Waals surface area contributed by atoms with Gasteiger partial charge in [-0.3, -0.25) is 9.20 Å². The van der Waals surface area contributed by atoms with Crippen LogP contribution in [0.15, 0.2) is 53.9 Å². The van der Waals surface area contributed by atoms with E-state index in [9.17, 15) is 4.79 Å². The molecule has 0 fully saturated rings. The minimum absolute atomic E-state index is 0.488. The molecule has 0 amide bonds. The summed E-state index contributed by atoms with van der Waals surface area (Å²) < 4.78 is 7.16. The molecule has 0 N–H and O–H groups in total. The molecule has 4 aromatic rings. The lowest BCUT2D eigenvalue weighted by Crippen LogP contribution is -1.95. The number of carbonyl (C=O) groups is 1. The lowest BCUT2D eigenvalue weighted by atomic mass is 10.0. The van der Waals surface area contributed by atoms with Crippen molar-refractivity contribution >= 4 is 22.6 Å². The molecule has 0 atom stereocenters. The average Bonchev–Trinajstić information content (AvgIpc) is 3.27. The van der Waals surface area contributed by atoms with Crippen molar-refractivity contribution in [2.24, 2.45) is 0 Å². The Hall–Kier alpha value is -2.92. The van der Waals surface area contributed by atoms with E-state index in [0.29, 0.717) is 17.3 Å². The van der Waals surface area contributed by atoms with Gasteiger partial charge in [-0.1, -0.05) is 38.1 Å². The highest BCUT2D eigenvalue weighted by Gasteiger charge is 2.18. The van der Waals surface area contributed by atoms with Crippen LogP contribution in [0.3, 0.4) is 0 Å². The van der Waals surface area contributed by atoms with Gasteiger partial charge >= 0.3 is 0 Å². The number of aldehydes is 1. The summed E-state index contributed by atoms with van der Waals surface area (Å²) in [6, 6.07) is 16.1. The molecule has 0 saturated carbocycles. The fraction of sp³-hybridized carbons (Fsp3) is 0.182. The molecule has 0 aliphatic carbocycles. The molecule has 0 unspecified atom stereocenters. The molecule has 0 spiro atoms. The number of rotatable bonds is 5. The first-order valence-electron chi connectivity index (χ1n) is 8.82. The summed E-state index contributed by atoms with van der Waals surface area (Å²) in [6.45, 7) is 4.36. The van der Waals surface area contributed by atoms with Crippen LogP contribution in [0.5, 0.6) is 5.75 Å². The molecular weight excluding hydrogens is 356 g/mol. The predicted molar refractivity (Wildman–Crippen MR) is 110 cm³/mol. The number of nitrogens with zero attached hydrogens (tertiary/aromatic N) is 2. The number of methoxy groups -OCH3 is 1. The Bertz CT molecular complexity index is 1090. The van der Waals surface area contributed by atoms with Crippen molar-refractivity contribution in [2.45, 2.75) is 19.8 Å². The van der Waals surface area contributed by atoms with Gasteiger partial charge in [0, 0.05) is 10.9 Å². The van der Waals surface area contributed by atoms with Crippen LogP contribution < -0.4 is 4.74 Å². The van der Waals surface area contributed by atoms with Gasteiger partial charge in [0.05, 0.1) is 12.8 Å². The largest absolute Gasteiger partial charge is 0.497 e. The molecule has 2 aromatic carbocycles. The van der Waals surface area contributed by atoms with E-state index in [1.165, 1.54) is 5.56 Å². The van der Waals surface area contributed by atoms with Gasteiger partial charge in [0.15, 0.2) is 11.2 Å². The third kappa shape index (κ3) is 3.04. The molecular formula is C22H20N2O2S. The number of fused-ring (bicyclic) bond motifs is 1. The maximum absolute atomic E-state index is 11.9. The second-order valence-electron chi connectivity index (χ2n) is 6.71. The van der Waals surface area contributed by atoms with Gasteiger partial charge in [0.1, 0.15) is 17.1 Å². The Kier molecular flexibility index (Phi) is 4.54. The number of hydrogen-bond donors (Lipinski definition) is 0. The van der Waals surface area contributed by atoms with Gasteiger partial charge in [-0.05, 0) is 41.3 Å². The van der Waals surface area contributed by atoms with E-state index in [4.69, 9.17) is 9.72 Å². The highest BCUT2D eigenvalue weighted by molar-refractivity contribution is 7.15. The van der Waals surface area contributed by atoms with Crippen molar-refractivity contribution in [3.63, 3.8) is 0 Å². The van der Waals surface area contributed by atoms with Crippen LogP contribution in [0, 0.1) is 0 Å². The quantitative estimate of drug-likeness (QED) is 0.421. The topological polar surface area (TPSA) is 43.6 Å². The third-order valence-electron chi connectivity index (χ3n) is 4.75. The SMILES string of the molecule is COc1ccc(-c2nc3scc(-c4ccc(C(C)C)cc4)n3c2C=O)cc1. The Morgan fingerprint density at radius 3 is 2.30 bits per heavy atom. The zero-order chi connectivity index (χ0) is 19.0. The molecule has 27 heavy (non-hydrogen) atoms. The highest BCUT2D eigenvalue weighted by atomic mass is 32.1. The van der Waals surface area contributed by atoms with Crippen molar-refractivity contribution in [2.75, 3.05) is 7.11 Å². The van der Waals surface area contributed by atoms with E-state index in [1.54, 1.807) is 18.4 Å². The van der Waals surface area contributed by atoms with E-state index in [-0.39, 0.29) is 0 Å². The molecule has 2 heterocycles. The monoisotopic (exact) mass is 376 g/mol. The summed E-state index contributed by atoms with van der Waals surface area (Å²) in [6.07, 6.45) is 0.887. The van der Waals surface area contributed by atoms with Gasteiger partial charge in [-0.15, -0.1) is 11.3 Å². The molecule has 0 aliphatic rings. The first kappa shape index (κ1) is 17.5. The number of carbonyl (C=O) groups excluding carboxylic acids is 1. The Labute approximate surface area is 162 Å². The molecule has 4 nitrogen and oxygen atoms in total. The summed E-state index contributed by atoms with van der Waals surface area (Å²) in [5.74, 6) is 1.26. The maximum Gasteiger partial charge on any atom is 0.195 e. The van der Waals surface area contributed by atoms with E-state index in [2.05, 4.69) is 43.5 Å². The molecule has 0 radical (unpaired) electrons. The van der Waals surface area contributed by atoms with Crippen LogP contribution in [0.25, 0.3) is 27.5 Å².